The van der Waals surface area contributed by atoms with Crippen LogP contribution in [0.25, 0.3) is 11.3 Å². The van der Waals surface area contributed by atoms with E-state index in [1.807, 2.05) is 55.0 Å². The number of nitrogens with zero attached hydrogens (tertiary/aromatic N) is 3. The second-order valence-electron chi connectivity index (χ2n) is 6.11. The Bertz CT molecular complexity index is 836. The highest BCUT2D eigenvalue weighted by molar-refractivity contribution is 6.30. The number of aromatic nitrogens is 3. The fraction of sp³-hybridized carbons (Fsp3) is 0.263. The van der Waals surface area contributed by atoms with Crippen LogP contribution in [0.4, 0.5) is 0 Å². The summed E-state index contributed by atoms with van der Waals surface area (Å²) in [6.45, 7) is 3.10. The monoisotopic (exact) mass is 354 g/mol. The van der Waals surface area contributed by atoms with Crippen molar-refractivity contribution in [1.29, 1.82) is 0 Å². The number of hydrogen-bond donors (Lipinski definition) is 1. The maximum absolute atomic E-state index is 6.10. The van der Waals surface area contributed by atoms with Crippen LogP contribution in [0.1, 0.15) is 17.4 Å². The maximum Gasteiger partial charge on any atom is 0.126 e. The second-order valence-corrected chi connectivity index (χ2v) is 6.55. The fourth-order valence-electron chi connectivity index (χ4n) is 3.11. The second kappa shape index (κ2) is 7.35. The van der Waals surface area contributed by atoms with Crippen molar-refractivity contribution in [1.82, 2.24) is 19.9 Å². The van der Waals surface area contributed by atoms with E-state index in [1.165, 1.54) is 5.56 Å². The predicted octanol–water partition coefficient (Wildman–Crippen LogP) is 3.70. The number of pyridine rings is 1. The number of halogens is 1. The molecular formula is C19H19ClN4O. The lowest BCUT2D eigenvalue weighted by molar-refractivity contribution is -0.0156. The highest BCUT2D eigenvalue weighted by Crippen LogP contribution is 2.27. The molecule has 0 saturated carbocycles. The zero-order chi connectivity index (χ0) is 17.1. The normalized spacial score (nSPS) is 18.4. The molecule has 0 bridgehead atoms. The van der Waals surface area contributed by atoms with E-state index in [4.69, 9.17) is 16.3 Å². The molecule has 1 fully saturated rings. The van der Waals surface area contributed by atoms with Crippen LogP contribution in [0.15, 0.2) is 55.0 Å². The summed E-state index contributed by atoms with van der Waals surface area (Å²) in [5, 5.41) is 0.717. The average Bonchev–Trinajstić information content (AvgIpc) is 3.13. The molecule has 3 heterocycles. The first kappa shape index (κ1) is 16.3. The van der Waals surface area contributed by atoms with E-state index in [1.54, 1.807) is 0 Å². The molecule has 0 spiro atoms. The van der Waals surface area contributed by atoms with Crippen LogP contribution in [0.3, 0.4) is 0 Å². The van der Waals surface area contributed by atoms with Crippen molar-refractivity contribution in [3.63, 3.8) is 0 Å². The highest BCUT2D eigenvalue weighted by atomic mass is 35.5. The van der Waals surface area contributed by atoms with Gasteiger partial charge in [0.15, 0.2) is 0 Å². The van der Waals surface area contributed by atoms with Crippen LogP contribution in [0.2, 0.25) is 5.02 Å². The summed E-state index contributed by atoms with van der Waals surface area (Å²) in [6.07, 6.45) is 5.52. The van der Waals surface area contributed by atoms with Gasteiger partial charge in [-0.15, -0.1) is 0 Å². The Morgan fingerprint density at radius 3 is 2.96 bits per heavy atom. The summed E-state index contributed by atoms with van der Waals surface area (Å²) < 4.78 is 5.70. The van der Waals surface area contributed by atoms with Gasteiger partial charge in [-0.3, -0.25) is 9.88 Å². The zero-order valence-electron chi connectivity index (χ0n) is 13.7. The van der Waals surface area contributed by atoms with Gasteiger partial charge < -0.3 is 9.72 Å². The van der Waals surface area contributed by atoms with Gasteiger partial charge in [-0.2, -0.15) is 0 Å². The van der Waals surface area contributed by atoms with Gasteiger partial charge in [0.25, 0.3) is 0 Å². The quantitative estimate of drug-likeness (QED) is 0.776. The van der Waals surface area contributed by atoms with Gasteiger partial charge in [-0.25, -0.2) is 4.98 Å². The number of morpholine rings is 1. The first-order valence-electron chi connectivity index (χ1n) is 8.31. The maximum atomic E-state index is 6.10. The van der Waals surface area contributed by atoms with E-state index in [2.05, 4.69) is 19.9 Å². The van der Waals surface area contributed by atoms with E-state index in [9.17, 15) is 0 Å². The van der Waals surface area contributed by atoms with E-state index in [0.29, 0.717) is 11.6 Å². The van der Waals surface area contributed by atoms with Crippen LogP contribution < -0.4 is 0 Å². The van der Waals surface area contributed by atoms with Crippen molar-refractivity contribution in [2.24, 2.45) is 0 Å². The van der Waals surface area contributed by atoms with Gasteiger partial charge in [-0.05, 0) is 29.8 Å². The first-order chi connectivity index (χ1) is 12.3. The summed E-state index contributed by atoms with van der Waals surface area (Å²) in [7, 11) is 0. The third kappa shape index (κ3) is 3.74. The molecule has 128 valence electrons. The molecule has 1 aliphatic heterocycles. The largest absolute Gasteiger partial charge is 0.378 e. The highest BCUT2D eigenvalue weighted by Gasteiger charge is 2.27. The molecule has 2 aromatic heterocycles. The van der Waals surface area contributed by atoms with Crippen LogP contribution in [-0.2, 0) is 11.3 Å². The van der Waals surface area contributed by atoms with E-state index in [-0.39, 0.29) is 6.04 Å². The van der Waals surface area contributed by atoms with Crippen molar-refractivity contribution in [3.05, 3.63) is 71.4 Å². The van der Waals surface area contributed by atoms with Crippen LogP contribution >= 0.6 is 11.6 Å². The predicted molar refractivity (Wildman–Crippen MR) is 97.2 cm³/mol. The van der Waals surface area contributed by atoms with Gasteiger partial charge in [0.2, 0.25) is 0 Å². The summed E-state index contributed by atoms with van der Waals surface area (Å²) in [4.78, 5) is 14.5. The molecule has 0 aliphatic carbocycles. The molecule has 6 heteroatoms. The smallest absolute Gasteiger partial charge is 0.126 e. The Kier molecular flexibility index (Phi) is 4.78. The lowest BCUT2D eigenvalue weighted by Gasteiger charge is -2.34. The number of ether oxygens (including phenoxy) is 1. The molecule has 0 radical (unpaired) electrons. The number of nitrogens with one attached hydrogen (secondary N) is 1. The molecule has 3 aromatic rings. The Labute approximate surface area is 151 Å². The van der Waals surface area contributed by atoms with Gasteiger partial charge in [0, 0.05) is 36.1 Å². The minimum Gasteiger partial charge on any atom is -0.378 e. The molecule has 1 N–H and O–H groups in total. The van der Waals surface area contributed by atoms with Crippen molar-refractivity contribution in [2.45, 2.75) is 12.6 Å². The topological polar surface area (TPSA) is 54.0 Å². The lowest BCUT2D eigenvalue weighted by atomic mass is 10.1. The number of hydrogen-bond acceptors (Lipinski definition) is 4. The molecular weight excluding hydrogens is 336 g/mol. The molecule has 1 aliphatic rings. The van der Waals surface area contributed by atoms with Crippen LogP contribution in [0, 0.1) is 0 Å². The number of imidazole rings is 1. The third-order valence-corrected chi connectivity index (χ3v) is 4.66. The van der Waals surface area contributed by atoms with E-state index < -0.39 is 0 Å². The Balaban J connectivity index is 1.57. The summed E-state index contributed by atoms with van der Waals surface area (Å²) in [6, 6.07) is 12.0. The third-order valence-electron chi connectivity index (χ3n) is 4.42. The summed E-state index contributed by atoms with van der Waals surface area (Å²) in [5.74, 6) is 0.920. The van der Waals surface area contributed by atoms with E-state index in [0.717, 1.165) is 36.8 Å². The number of rotatable bonds is 4. The van der Waals surface area contributed by atoms with Gasteiger partial charge in [-0.1, -0.05) is 23.7 Å². The Hall–Kier alpha value is -2.21. The summed E-state index contributed by atoms with van der Waals surface area (Å²) >= 11 is 6.10. The Morgan fingerprint density at radius 1 is 1.24 bits per heavy atom. The fourth-order valence-corrected chi connectivity index (χ4v) is 3.30. The van der Waals surface area contributed by atoms with Crippen LogP contribution in [0.5, 0.6) is 0 Å². The molecule has 4 rings (SSSR count). The molecule has 0 amide bonds. The lowest BCUT2D eigenvalue weighted by Crippen LogP contribution is -2.39. The van der Waals surface area contributed by atoms with E-state index >= 15 is 0 Å². The zero-order valence-corrected chi connectivity index (χ0v) is 14.5. The average molecular weight is 355 g/mol. The number of aromatic amines is 1. The SMILES string of the molecule is Clc1cccc(-c2cnc([C@@H]3COCCN3Cc3ccncc3)[nH]2)c1. The minimum absolute atomic E-state index is 0.106. The molecule has 1 aromatic carbocycles. The number of H-pyrrole nitrogens is 1. The standard InChI is InChI=1S/C19H19ClN4O/c20-16-3-1-2-15(10-16)17-11-22-19(23-17)18-13-25-9-8-24(18)12-14-4-6-21-7-5-14/h1-7,10-11,18H,8-9,12-13H2,(H,22,23)/t18-/m0/s1. The summed E-state index contributed by atoms with van der Waals surface area (Å²) in [5.41, 5.74) is 3.24. The molecule has 1 saturated heterocycles. The van der Waals surface area contributed by atoms with Crippen molar-refractivity contribution < 1.29 is 4.74 Å². The van der Waals surface area contributed by atoms with Crippen molar-refractivity contribution in [3.8, 4) is 11.3 Å². The molecule has 5 nitrogen and oxygen atoms in total. The minimum atomic E-state index is 0.106. The van der Waals surface area contributed by atoms with Crippen molar-refractivity contribution in [2.75, 3.05) is 19.8 Å². The molecule has 0 unspecified atom stereocenters. The Morgan fingerprint density at radius 2 is 2.12 bits per heavy atom. The van der Waals surface area contributed by atoms with Crippen LogP contribution in [-0.4, -0.2) is 39.6 Å². The molecule has 1 atom stereocenters. The number of benzene rings is 1. The van der Waals surface area contributed by atoms with Gasteiger partial charge in [0.05, 0.1) is 31.1 Å². The molecule has 25 heavy (non-hydrogen) atoms. The van der Waals surface area contributed by atoms with Gasteiger partial charge in [0.1, 0.15) is 5.82 Å². The van der Waals surface area contributed by atoms with Gasteiger partial charge >= 0.3 is 0 Å². The van der Waals surface area contributed by atoms with Crippen molar-refractivity contribution >= 4 is 11.6 Å². The first-order valence-corrected chi connectivity index (χ1v) is 8.69.